The van der Waals surface area contributed by atoms with E-state index in [1.54, 1.807) is 31.2 Å². The number of carbonyl (C=O) groups excluding carboxylic acids is 2. The molecule has 0 amide bonds. The molecule has 0 spiro atoms. The van der Waals surface area contributed by atoms with Crippen LogP contribution in [0.1, 0.15) is 31.1 Å². The van der Waals surface area contributed by atoms with Gasteiger partial charge in [-0.05, 0) is 31.2 Å². The Bertz CT molecular complexity index is 481. The molecule has 0 saturated heterocycles. The Kier molecular flexibility index (Phi) is 6.49. The van der Waals surface area contributed by atoms with Crippen LogP contribution in [0.15, 0.2) is 24.3 Å². The molecule has 0 unspecified atom stereocenters. The van der Waals surface area contributed by atoms with E-state index < -0.39 is 17.5 Å². The van der Waals surface area contributed by atoms with E-state index in [1.807, 2.05) is 13.8 Å². The van der Waals surface area contributed by atoms with Gasteiger partial charge in [0.25, 0.3) is 0 Å². The number of ether oxygens (including phenoxy) is 3. The summed E-state index contributed by atoms with van der Waals surface area (Å²) < 4.78 is 14.8. The van der Waals surface area contributed by atoms with Crippen molar-refractivity contribution < 1.29 is 23.8 Å². The van der Waals surface area contributed by atoms with Gasteiger partial charge in [0, 0.05) is 10.4 Å². The van der Waals surface area contributed by atoms with Gasteiger partial charge in [0.1, 0.15) is 6.61 Å². The van der Waals surface area contributed by atoms with E-state index in [1.165, 1.54) is 0 Å². The summed E-state index contributed by atoms with van der Waals surface area (Å²) in [7, 11) is 0. The maximum Gasteiger partial charge on any atom is 0.508 e. The minimum atomic E-state index is -0.727. The Morgan fingerprint density at radius 2 is 1.62 bits per heavy atom. The zero-order chi connectivity index (χ0) is 15.9. The SMILES string of the molecule is CCOC(=O)OCC(C)(C)COC(=O)c1ccc(Cl)cc1. The summed E-state index contributed by atoms with van der Waals surface area (Å²) in [4.78, 5) is 23.0. The summed E-state index contributed by atoms with van der Waals surface area (Å²) in [5.41, 5.74) is -0.0870. The van der Waals surface area contributed by atoms with Crippen LogP contribution in [0, 0.1) is 5.41 Å². The minimum Gasteiger partial charge on any atom is -0.461 e. The van der Waals surface area contributed by atoms with Crippen LogP contribution in [0.2, 0.25) is 5.02 Å². The molecular formula is C15H19ClO5. The predicted molar refractivity (Wildman–Crippen MR) is 78.5 cm³/mol. The van der Waals surface area contributed by atoms with Crippen molar-refractivity contribution in [3.63, 3.8) is 0 Å². The molecule has 21 heavy (non-hydrogen) atoms. The first-order valence-corrected chi connectivity index (χ1v) is 6.94. The molecule has 0 aromatic heterocycles. The number of carbonyl (C=O) groups is 2. The van der Waals surface area contributed by atoms with Crippen molar-refractivity contribution in [2.75, 3.05) is 19.8 Å². The van der Waals surface area contributed by atoms with Crippen molar-refractivity contribution >= 4 is 23.7 Å². The van der Waals surface area contributed by atoms with E-state index in [0.717, 1.165) is 0 Å². The highest BCUT2D eigenvalue weighted by Crippen LogP contribution is 2.18. The number of esters is 1. The first-order chi connectivity index (χ1) is 9.84. The lowest BCUT2D eigenvalue weighted by molar-refractivity contribution is 0.000634. The van der Waals surface area contributed by atoms with Crippen LogP contribution in [0.5, 0.6) is 0 Å². The second kappa shape index (κ2) is 7.88. The molecule has 0 saturated carbocycles. The Morgan fingerprint density at radius 1 is 1.05 bits per heavy atom. The highest BCUT2D eigenvalue weighted by molar-refractivity contribution is 6.30. The topological polar surface area (TPSA) is 61.8 Å². The van der Waals surface area contributed by atoms with Gasteiger partial charge in [-0.1, -0.05) is 25.4 Å². The van der Waals surface area contributed by atoms with E-state index >= 15 is 0 Å². The number of rotatable bonds is 6. The molecule has 0 aliphatic heterocycles. The molecule has 1 rings (SSSR count). The third-order valence-corrected chi connectivity index (χ3v) is 2.77. The maximum absolute atomic E-state index is 11.8. The predicted octanol–water partition coefficient (Wildman–Crippen LogP) is 3.70. The number of benzene rings is 1. The minimum absolute atomic E-state index is 0.0970. The molecule has 5 nitrogen and oxygen atoms in total. The van der Waals surface area contributed by atoms with E-state index in [9.17, 15) is 9.59 Å². The molecule has 1 aromatic carbocycles. The number of halogens is 1. The number of hydrogen-bond donors (Lipinski definition) is 0. The van der Waals surface area contributed by atoms with Gasteiger partial charge in [0.05, 0.1) is 18.8 Å². The normalized spacial score (nSPS) is 10.9. The molecule has 0 bridgehead atoms. The van der Waals surface area contributed by atoms with Crippen molar-refractivity contribution in [1.29, 1.82) is 0 Å². The fourth-order valence-electron chi connectivity index (χ4n) is 1.39. The van der Waals surface area contributed by atoms with Crippen molar-refractivity contribution in [1.82, 2.24) is 0 Å². The lowest BCUT2D eigenvalue weighted by Crippen LogP contribution is -2.28. The maximum atomic E-state index is 11.8. The van der Waals surface area contributed by atoms with Crippen LogP contribution in [-0.2, 0) is 14.2 Å². The van der Waals surface area contributed by atoms with Gasteiger partial charge in [0.2, 0.25) is 0 Å². The lowest BCUT2D eigenvalue weighted by Gasteiger charge is -2.23. The van der Waals surface area contributed by atoms with Gasteiger partial charge in [0.15, 0.2) is 0 Å². The standard InChI is InChI=1S/C15H19ClO5/c1-4-19-14(18)21-10-15(2,3)9-20-13(17)11-5-7-12(16)8-6-11/h5-8H,4,9-10H2,1-3H3. The zero-order valence-corrected chi connectivity index (χ0v) is 13.1. The van der Waals surface area contributed by atoms with Crippen LogP contribution in [-0.4, -0.2) is 31.9 Å². The summed E-state index contributed by atoms with van der Waals surface area (Å²) in [5, 5.41) is 0.551. The Labute approximate surface area is 129 Å². The van der Waals surface area contributed by atoms with Crippen LogP contribution >= 0.6 is 11.6 Å². The molecule has 1 aromatic rings. The monoisotopic (exact) mass is 314 g/mol. The van der Waals surface area contributed by atoms with Gasteiger partial charge in [-0.15, -0.1) is 0 Å². The summed E-state index contributed by atoms with van der Waals surface area (Å²) in [6, 6.07) is 6.42. The van der Waals surface area contributed by atoms with E-state index in [2.05, 4.69) is 4.74 Å². The third kappa shape index (κ3) is 6.49. The second-order valence-electron chi connectivity index (χ2n) is 5.22. The van der Waals surface area contributed by atoms with Gasteiger partial charge < -0.3 is 14.2 Å². The average Bonchev–Trinajstić information content (AvgIpc) is 2.44. The largest absolute Gasteiger partial charge is 0.508 e. The molecule has 0 aliphatic carbocycles. The molecule has 0 fully saturated rings. The average molecular weight is 315 g/mol. The quantitative estimate of drug-likeness (QED) is 0.749. The van der Waals surface area contributed by atoms with Crippen LogP contribution in [0.25, 0.3) is 0 Å². The van der Waals surface area contributed by atoms with Crippen LogP contribution in [0.3, 0.4) is 0 Å². The molecule has 0 N–H and O–H groups in total. The Hall–Kier alpha value is -1.75. The van der Waals surface area contributed by atoms with Crippen molar-refractivity contribution in [2.45, 2.75) is 20.8 Å². The molecule has 0 atom stereocenters. The summed E-state index contributed by atoms with van der Waals surface area (Å²) >= 11 is 5.75. The van der Waals surface area contributed by atoms with Crippen LogP contribution in [0.4, 0.5) is 4.79 Å². The smallest absolute Gasteiger partial charge is 0.461 e. The molecule has 0 radical (unpaired) electrons. The third-order valence-electron chi connectivity index (χ3n) is 2.52. The molecular weight excluding hydrogens is 296 g/mol. The molecule has 0 aliphatic rings. The van der Waals surface area contributed by atoms with Crippen molar-refractivity contribution in [2.24, 2.45) is 5.41 Å². The molecule has 0 heterocycles. The molecule has 6 heteroatoms. The van der Waals surface area contributed by atoms with E-state index in [4.69, 9.17) is 21.1 Å². The lowest BCUT2D eigenvalue weighted by atomic mass is 9.96. The summed E-state index contributed by atoms with van der Waals surface area (Å²) in [6.07, 6.45) is -0.727. The van der Waals surface area contributed by atoms with Gasteiger partial charge >= 0.3 is 12.1 Å². The molecule has 116 valence electrons. The van der Waals surface area contributed by atoms with Crippen LogP contribution < -0.4 is 0 Å². The summed E-state index contributed by atoms with van der Waals surface area (Å²) in [5.74, 6) is -0.448. The Morgan fingerprint density at radius 3 is 2.19 bits per heavy atom. The zero-order valence-electron chi connectivity index (χ0n) is 12.3. The highest BCUT2D eigenvalue weighted by atomic mass is 35.5. The van der Waals surface area contributed by atoms with Crippen molar-refractivity contribution in [3.05, 3.63) is 34.9 Å². The fraction of sp³-hybridized carbons (Fsp3) is 0.467. The highest BCUT2D eigenvalue weighted by Gasteiger charge is 2.23. The van der Waals surface area contributed by atoms with Gasteiger partial charge in [-0.25, -0.2) is 9.59 Å². The first-order valence-electron chi connectivity index (χ1n) is 6.56. The second-order valence-corrected chi connectivity index (χ2v) is 5.66. The summed E-state index contributed by atoms with van der Waals surface area (Å²) in [6.45, 7) is 5.81. The Balaban J connectivity index is 2.43. The van der Waals surface area contributed by atoms with Gasteiger partial charge in [-0.2, -0.15) is 0 Å². The number of hydrogen-bond acceptors (Lipinski definition) is 5. The van der Waals surface area contributed by atoms with E-state index in [-0.39, 0.29) is 19.8 Å². The first kappa shape index (κ1) is 17.3. The van der Waals surface area contributed by atoms with E-state index in [0.29, 0.717) is 10.6 Å². The van der Waals surface area contributed by atoms with Crippen molar-refractivity contribution in [3.8, 4) is 0 Å². The van der Waals surface area contributed by atoms with Gasteiger partial charge in [-0.3, -0.25) is 0 Å². The fourth-order valence-corrected chi connectivity index (χ4v) is 1.51.